The van der Waals surface area contributed by atoms with Crippen LogP contribution in [0.5, 0.6) is 5.75 Å². The quantitative estimate of drug-likeness (QED) is 0.338. The first-order valence-corrected chi connectivity index (χ1v) is 10.6. The van der Waals surface area contributed by atoms with E-state index in [0.29, 0.717) is 45.5 Å². The molecule has 4 rings (SSSR count). The van der Waals surface area contributed by atoms with Crippen LogP contribution >= 0.6 is 11.6 Å². The minimum absolute atomic E-state index is 0.273. The number of aryl methyl sites for hydroxylation is 2. The van der Waals surface area contributed by atoms with Gasteiger partial charge in [-0.3, -0.25) is 14.2 Å². The van der Waals surface area contributed by atoms with E-state index >= 15 is 0 Å². The van der Waals surface area contributed by atoms with Gasteiger partial charge in [0.2, 0.25) is 0 Å². The highest BCUT2D eigenvalue weighted by Gasteiger charge is 2.21. The third-order valence-electron chi connectivity index (χ3n) is 5.15. The van der Waals surface area contributed by atoms with Gasteiger partial charge in [-0.1, -0.05) is 29.8 Å². The lowest BCUT2D eigenvalue weighted by Gasteiger charge is -2.08. The molecule has 4 aromatic rings. The molecule has 0 aliphatic rings. The summed E-state index contributed by atoms with van der Waals surface area (Å²) < 4.78 is 8.85. The summed E-state index contributed by atoms with van der Waals surface area (Å²) in [6.07, 6.45) is 3.12. The summed E-state index contributed by atoms with van der Waals surface area (Å²) in [5, 5.41) is 11.9. The number of carbonyl (C=O) groups excluding carboxylic acids is 2. The molecule has 0 aliphatic carbocycles. The van der Waals surface area contributed by atoms with Gasteiger partial charge in [-0.05, 0) is 49.7 Å². The summed E-state index contributed by atoms with van der Waals surface area (Å²) in [5.74, 6) is -0.412. The number of halogens is 1. The van der Waals surface area contributed by atoms with Crippen LogP contribution in [0, 0.1) is 13.8 Å². The third-order valence-corrected chi connectivity index (χ3v) is 5.52. The smallest absolute Gasteiger partial charge is 0.347 e. The van der Waals surface area contributed by atoms with Gasteiger partial charge in [-0.2, -0.15) is 10.2 Å². The normalized spacial score (nSPS) is 10.8. The Morgan fingerprint density at radius 1 is 1.09 bits per heavy atom. The molecule has 0 radical (unpaired) electrons. The van der Waals surface area contributed by atoms with Crippen LogP contribution in [0.1, 0.15) is 37.7 Å². The van der Waals surface area contributed by atoms with Crippen LogP contribution in [0.4, 0.5) is 5.69 Å². The zero-order chi connectivity index (χ0) is 23.5. The zero-order valence-corrected chi connectivity index (χ0v) is 19.1. The van der Waals surface area contributed by atoms with E-state index in [2.05, 4.69) is 15.5 Å². The van der Waals surface area contributed by atoms with Gasteiger partial charge in [-0.25, -0.2) is 4.79 Å². The maximum absolute atomic E-state index is 12.9. The SMILES string of the molecule is Cc1nn(Cc2ccccc2Cl)c(C)c1C(=O)Oc1ccc(NC(=O)c2cnn(C)c2)cc1. The maximum Gasteiger partial charge on any atom is 0.347 e. The van der Waals surface area contributed by atoms with Crippen molar-refractivity contribution in [2.24, 2.45) is 7.05 Å². The molecule has 0 aliphatic heterocycles. The molecule has 0 unspecified atom stereocenters. The van der Waals surface area contributed by atoms with Crippen molar-refractivity contribution in [1.82, 2.24) is 19.6 Å². The van der Waals surface area contributed by atoms with E-state index in [1.807, 2.05) is 31.2 Å². The Morgan fingerprint density at radius 2 is 1.82 bits per heavy atom. The fourth-order valence-electron chi connectivity index (χ4n) is 3.44. The van der Waals surface area contributed by atoms with E-state index in [1.165, 1.54) is 6.20 Å². The number of aromatic nitrogens is 4. The molecule has 8 nitrogen and oxygen atoms in total. The Bertz CT molecular complexity index is 1320. The molecule has 0 bridgehead atoms. The van der Waals surface area contributed by atoms with Crippen LogP contribution in [-0.2, 0) is 13.6 Å². The van der Waals surface area contributed by atoms with Crippen molar-refractivity contribution >= 4 is 29.2 Å². The number of carbonyl (C=O) groups is 2. The lowest BCUT2D eigenvalue weighted by atomic mass is 10.2. The van der Waals surface area contributed by atoms with E-state index in [-0.39, 0.29) is 5.91 Å². The number of nitrogens with zero attached hydrogens (tertiary/aromatic N) is 4. The average Bonchev–Trinajstić information content (AvgIpc) is 3.34. The Kier molecular flexibility index (Phi) is 6.28. The number of nitrogens with one attached hydrogen (secondary N) is 1. The first-order valence-electron chi connectivity index (χ1n) is 10.2. The van der Waals surface area contributed by atoms with E-state index in [1.54, 1.807) is 53.8 Å². The number of ether oxygens (including phenoxy) is 1. The predicted molar refractivity (Wildman–Crippen MR) is 125 cm³/mol. The van der Waals surface area contributed by atoms with Gasteiger partial charge in [0.25, 0.3) is 5.91 Å². The molecule has 168 valence electrons. The van der Waals surface area contributed by atoms with Gasteiger partial charge in [0, 0.05) is 24.0 Å². The average molecular weight is 464 g/mol. The molecule has 0 spiro atoms. The molecule has 0 fully saturated rings. The van der Waals surface area contributed by atoms with Gasteiger partial charge in [0.15, 0.2) is 0 Å². The van der Waals surface area contributed by atoms with Crippen molar-refractivity contribution in [2.75, 3.05) is 5.32 Å². The number of hydrogen-bond donors (Lipinski definition) is 1. The second-order valence-corrected chi connectivity index (χ2v) is 7.97. The lowest BCUT2D eigenvalue weighted by Crippen LogP contribution is -2.12. The van der Waals surface area contributed by atoms with Gasteiger partial charge >= 0.3 is 5.97 Å². The van der Waals surface area contributed by atoms with E-state index < -0.39 is 5.97 Å². The van der Waals surface area contributed by atoms with Gasteiger partial charge in [-0.15, -0.1) is 0 Å². The summed E-state index contributed by atoms with van der Waals surface area (Å²) in [6.45, 7) is 4.04. The molecule has 33 heavy (non-hydrogen) atoms. The van der Waals surface area contributed by atoms with Crippen molar-refractivity contribution in [3.05, 3.63) is 94.0 Å². The first-order chi connectivity index (χ1) is 15.8. The number of benzene rings is 2. The van der Waals surface area contributed by atoms with Gasteiger partial charge in [0.1, 0.15) is 11.3 Å². The van der Waals surface area contributed by atoms with Crippen molar-refractivity contribution < 1.29 is 14.3 Å². The monoisotopic (exact) mass is 463 g/mol. The highest BCUT2D eigenvalue weighted by Crippen LogP contribution is 2.22. The molecule has 0 saturated heterocycles. The van der Waals surface area contributed by atoms with Gasteiger partial charge < -0.3 is 10.1 Å². The summed E-state index contributed by atoms with van der Waals surface area (Å²) in [4.78, 5) is 25.1. The van der Waals surface area contributed by atoms with Gasteiger partial charge in [0.05, 0.1) is 29.7 Å². The maximum atomic E-state index is 12.9. The minimum Gasteiger partial charge on any atom is -0.423 e. The molecule has 2 aromatic carbocycles. The van der Waals surface area contributed by atoms with E-state index in [0.717, 1.165) is 5.56 Å². The standard InChI is InChI=1S/C24H22ClN5O3/c1-15-22(16(2)30(28-15)14-17-6-4-5-7-21(17)25)24(32)33-20-10-8-19(9-11-20)27-23(31)18-12-26-29(3)13-18/h4-13H,14H2,1-3H3,(H,27,31). The number of hydrogen-bond acceptors (Lipinski definition) is 5. The summed E-state index contributed by atoms with van der Waals surface area (Å²) in [6, 6.07) is 14.1. The number of esters is 1. The Labute approximate surface area is 195 Å². The second kappa shape index (κ2) is 9.30. The van der Waals surface area contributed by atoms with Crippen LogP contribution in [0.3, 0.4) is 0 Å². The van der Waals surface area contributed by atoms with Crippen LogP contribution in [-0.4, -0.2) is 31.4 Å². The summed E-state index contributed by atoms with van der Waals surface area (Å²) >= 11 is 6.26. The van der Waals surface area contributed by atoms with Crippen molar-refractivity contribution in [2.45, 2.75) is 20.4 Å². The number of rotatable bonds is 6. The fraction of sp³-hybridized carbons (Fsp3) is 0.167. The number of anilines is 1. The minimum atomic E-state index is -0.498. The second-order valence-electron chi connectivity index (χ2n) is 7.57. The Balaban J connectivity index is 1.44. The molecule has 2 aromatic heterocycles. The predicted octanol–water partition coefficient (Wildman–Crippen LogP) is 4.41. The Hall–Kier alpha value is -3.91. The molecule has 0 saturated carbocycles. The van der Waals surface area contributed by atoms with Crippen molar-refractivity contribution in [3.63, 3.8) is 0 Å². The number of amides is 1. The largest absolute Gasteiger partial charge is 0.423 e. The molecule has 1 amide bonds. The Morgan fingerprint density at radius 3 is 2.48 bits per heavy atom. The van der Waals surface area contributed by atoms with Crippen LogP contribution in [0.25, 0.3) is 0 Å². The fourth-order valence-corrected chi connectivity index (χ4v) is 3.64. The highest BCUT2D eigenvalue weighted by molar-refractivity contribution is 6.31. The molecule has 9 heteroatoms. The summed E-state index contributed by atoms with van der Waals surface area (Å²) in [7, 11) is 1.74. The third kappa shape index (κ3) is 4.96. The van der Waals surface area contributed by atoms with Crippen molar-refractivity contribution in [1.29, 1.82) is 0 Å². The first kappa shape index (κ1) is 22.3. The van der Waals surface area contributed by atoms with E-state index in [4.69, 9.17) is 16.3 Å². The molecule has 0 atom stereocenters. The molecular weight excluding hydrogens is 442 g/mol. The van der Waals surface area contributed by atoms with Crippen LogP contribution in [0.2, 0.25) is 5.02 Å². The summed E-state index contributed by atoms with van der Waals surface area (Å²) in [5.41, 5.74) is 3.61. The lowest BCUT2D eigenvalue weighted by molar-refractivity contribution is 0.0733. The molecule has 2 heterocycles. The highest BCUT2D eigenvalue weighted by atomic mass is 35.5. The van der Waals surface area contributed by atoms with Crippen LogP contribution < -0.4 is 10.1 Å². The molecule has 1 N–H and O–H groups in total. The zero-order valence-electron chi connectivity index (χ0n) is 18.4. The van der Waals surface area contributed by atoms with Crippen LogP contribution in [0.15, 0.2) is 60.9 Å². The molecular formula is C24H22ClN5O3. The van der Waals surface area contributed by atoms with Crippen molar-refractivity contribution in [3.8, 4) is 5.75 Å². The topological polar surface area (TPSA) is 91.0 Å². The van der Waals surface area contributed by atoms with E-state index in [9.17, 15) is 9.59 Å².